The van der Waals surface area contributed by atoms with Crippen LogP contribution < -0.4 is 0 Å². The monoisotopic (exact) mass is 178 g/mol. The zero-order valence-corrected chi connectivity index (χ0v) is 6.39. The second-order valence-electron chi connectivity index (χ2n) is 1.49. The Bertz CT molecular complexity index is 61.5. The fourth-order valence-electron chi connectivity index (χ4n) is 0.390. The van der Waals surface area contributed by atoms with Gasteiger partial charge in [-0.15, -0.1) is 0 Å². The van der Waals surface area contributed by atoms with Gasteiger partial charge >= 0.3 is 0 Å². The maximum absolute atomic E-state index is 8.32. The van der Waals surface area contributed by atoms with Gasteiger partial charge in [-0.05, 0) is 12.8 Å². The molecule has 0 heterocycles. The number of allylic oxidation sites excluding steroid dienone is 2. The van der Waals surface area contributed by atoms with Crippen LogP contribution >= 0.6 is 15.9 Å². The average Bonchev–Trinajstić information content (AvgIpc) is 1.81. The van der Waals surface area contributed by atoms with Gasteiger partial charge in [-0.3, -0.25) is 0 Å². The van der Waals surface area contributed by atoms with Crippen LogP contribution in [-0.4, -0.2) is 17.0 Å². The zero-order chi connectivity index (χ0) is 6.24. The minimum atomic E-state index is 0.298. The summed E-state index contributed by atoms with van der Waals surface area (Å²) in [5, 5.41) is 9.24. The summed E-state index contributed by atoms with van der Waals surface area (Å²) in [5.41, 5.74) is 0. The van der Waals surface area contributed by atoms with Gasteiger partial charge in [-0.2, -0.15) is 0 Å². The Balaban J connectivity index is 2.80. The molecule has 0 radical (unpaired) electrons. The van der Waals surface area contributed by atoms with E-state index in [2.05, 4.69) is 22.0 Å². The molecular formula is C6H11BrO. The number of unbranched alkanes of at least 4 members (excludes halogenated alkanes) is 1. The SMILES string of the molecule is OCCC/C=C/CBr. The van der Waals surface area contributed by atoms with Crippen LogP contribution in [0.5, 0.6) is 0 Å². The first kappa shape index (κ1) is 8.18. The van der Waals surface area contributed by atoms with E-state index in [0.29, 0.717) is 6.61 Å². The Morgan fingerprint density at radius 3 is 2.62 bits per heavy atom. The highest BCUT2D eigenvalue weighted by atomic mass is 79.9. The van der Waals surface area contributed by atoms with E-state index in [-0.39, 0.29) is 0 Å². The largest absolute Gasteiger partial charge is 0.396 e. The molecule has 0 aliphatic carbocycles. The number of hydrogen-bond donors (Lipinski definition) is 1. The number of rotatable bonds is 4. The van der Waals surface area contributed by atoms with Crippen molar-refractivity contribution in [3.8, 4) is 0 Å². The third-order valence-corrected chi connectivity index (χ3v) is 1.16. The quantitative estimate of drug-likeness (QED) is 0.395. The molecule has 0 aliphatic rings. The molecule has 0 aliphatic heterocycles. The summed E-state index contributed by atoms with van der Waals surface area (Å²) < 4.78 is 0. The molecule has 0 atom stereocenters. The molecule has 2 heteroatoms. The van der Waals surface area contributed by atoms with Crippen molar-refractivity contribution in [3.63, 3.8) is 0 Å². The van der Waals surface area contributed by atoms with Crippen molar-refractivity contribution >= 4 is 15.9 Å². The van der Waals surface area contributed by atoms with Crippen molar-refractivity contribution in [1.29, 1.82) is 0 Å². The van der Waals surface area contributed by atoms with E-state index in [1.165, 1.54) is 0 Å². The lowest BCUT2D eigenvalue weighted by Gasteiger charge is -1.84. The second-order valence-corrected chi connectivity index (χ2v) is 2.14. The van der Waals surface area contributed by atoms with Crippen LogP contribution in [0.3, 0.4) is 0 Å². The number of aliphatic hydroxyl groups is 1. The highest BCUT2D eigenvalue weighted by Crippen LogP contribution is 1.90. The first-order valence-electron chi connectivity index (χ1n) is 2.73. The molecule has 0 amide bonds. The average molecular weight is 179 g/mol. The minimum Gasteiger partial charge on any atom is -0.396 e. The lowest BCUT2D eigenvalue weighted by atomic mass is 10.3. The van der Waals surface area contributed by atoms with Gasteiger partial charge in [0.25, 0.3) is 0 Å². The Hall–Kier alpha value is 0.180. The Morgan fingerprint density at radius 2 is 2.12 bits per heavy atom. The number of aliphatic hydroxyl groups excluding tert-OH is 1. The van der Waals surface area contributed by atoms with Crippen molar-refractivity contribution < 1.29 is 5.11 Å². The van der Waals surface area contributed by atoms with Gasteiger partial charge in [0.2, 0.25) is 0 Å². The molecular weight excluding hydrogens is 168 g/mol. The second kappa shape index (κ2) is 7.18. The molecule has 8 heavy (non-hydrogen) atoms. The standard InChI is InChI=1S/C6H11BrO/c7-5-3-1-2-4-6-8/h1,3,8H,2,4-6H2/b3-1+. The normalized spacial score (nSPS) is 10.8. The Labute approximate surface area is 58.5 Å². The maximum Gasteiger partial charge on any atom is 0.0433 e. The Kier molecular flexibility index (Phi) is 7.34. The first-order chi connectivity index (χ1) is 3.91. The molecule has 0 aromatic heterocycles. The molecule has 48 valence electrons. The van der Waals surface area contributed by atoms with Gasteiger partial charge in [0.05, 0.1) is 0 Å². The van der Waals surface area contributed by atoms with Crippen LogP contribution in [0, 0.1) is 0 Å². The van der Waals surface area contributed by atoms with E-state index in [9.17, 15) is 0 Å². The molecule has 0 bridgehead atoms. The van der Waals surface area contributed by atoms with Gasteiger partial charge in [-0.25, -0.2) is 0 Å². The molecule has 0 fully saturated rings. The topological polar surface area (TPSA) is 20.2 Å². The minimum absolute atomic E-state index is 0.298. The molecule has 0 aromatic carbocycles. The number of hydrogen-bond acceptors (Lipinski definition) is 1. The van der Waals surface area contributed by atoms with E-state index in [0.717, 1.165) is 18.2 Å². The lowest BCUT2D eigenvalue weighted by Crippen LogP contribution is -1.77. The summed E-state index contributed by atoms with van der Waals surface area (Å²) in [4.78, 5) is 0. The van der Waals surface area contributed by atoms with E-state index in [4.69, 9.17) is 5.11 Å². The highest BCUT2D eigenvalue weighted by molar-refractivity contribution is 9.09. The molecule has 0 spiro atoms. The zero-order valence-electron chi connectivity index (χ0n) is 4.81. The van der Waals surface area contributed by atoms with E-state index >= 15 is 0 Å². The summed E-state index contributed by atoms with van der Waals surface area (Å²) >= 11 is 3.25. The molecule has 0 aromatic rings. The van der Waals surface area contributed by atoms with Crippen LogP contribution in [0.1, 0.15) is 12.8 Å². The summed E-state index contributed by atoms with van der Waals surface area (Å²) in [5.74, 6) is 0. The third-order valence-electron chi connectivity index (χ3n) is 0.785. The molecule has 0 unspecified atom stereocenters. The van der Waals surface area contributed by atoms with Gasteiger partial charge < -0.3 is 5.11 Å². The van der Waals surface area contributed by atoms with Crippen LogP contribution in [0.2, 0.25) is 0 Å². The third kappa shape index (κ3) is 6.18. The first-order valence-corrected chi connectivity index (χ1v) is 3.85. The van der Waals surface area contributed by atoms with Gasteiger partial charge in [0.1, 0.15) is 0 Å². The predicted molar refractivity (Wildman–Crippen MR) is 39.3 cm³/mol. The maximum atomic E-state index is 8.32. The molecule has 0 saturated heterocycles. The van der Waals surface area contributed by atoms with E-state index in [1.54, 1.807) is 0 Å². The number of halogens is 1. The van der Waals surface area contributed by atoms with E-state index in [1.807, 2.05) is 6.08 Å². The Morgan fingerprint density at radius 1 is 1.38 bits per heavy atom. The molecule has 0 saturated carbocycles. The summed E-state index contributed by atoms with van der Waals surface area (Å²) in [6.07, 6.45) is 5.96. The smallest absolute Gasteiger partial charge is 0.0433 e. The highest BCUT2D eigenvalue weighted by Gasteiger charge is 1.75. The summed E-state index contributed by atoms with van der Waals surface area (Å²) in [6, 6.07) is 0. The van der Waals surface area contributed by atoms with Crippen LogP contribution in [-0.2, 0) is 0 Å². The fraction of sp³-hybridized carbons (Fsp3) is 0.667. The molecule has 0 rings (SSSR count). The van der Waals surface area contributed by atoms with Crippen molar-refractivity contribution in [3.05, 3.63) is 12.2 Å². The van der Waals surface area contributed by atoms with Crippen molar-refractivity contribution in [1.82, 2.24) is 0 Å². The predicted octanol–water partition coefficient (Wildman–Crippen LogP) is 1.71. The van der Waals surface area contributed by atoms with Crippen molar-refractivity contribution in [2.75, 3.05) is 11.9 Å². The number of alkyl halides is 1. The van der Waals surface area contributed by atoms with E-state index < -0.39 is 0 Å². The lowest BCUT2D eigenvalue weighted by molar-refractivity contribution is 0.289. The van der Waals surface area contributed by atoms with Crippen molar-refractivity contribution in [2.24, 2.45) is 0 Å². The van der Waals surface area contributed by atoms with Crippen LogP contribution in [0.4, 0.5) is 0 Å². The summed E-state index contributed by atoms with van der Waals surface area (Å²) in [7, 11) is 0. The van der Waals surface area contributed by atoms with Gasteiger partial charge in [-0.1, -0.05) is 28.1 Å². The molecule has 1 N–H and O–H groups in total. The van der Waals surface area contributed by atoms with Crippen LogP contribution in [0.25, 0.3) is 0 Å². The van der Waals surface area contributed by atoms with Crippen molar-refractivity contribution in [2.45, 2.75) is 12.8 Å². The van der Waals surface area contributed by atoms with Crippen LogP contribution in [0.15, 0.2) is 12.2 Å². The molecule has 1 nitrogen and oxygen atoms in total. The van der Waals surface area contributed by atoms with Gasteiger partial charge in [0.15, 0.2) is 0 Å². The van der Waals surface area contributed by atoms with Gasteiger partial charge in [0, 0.05) is 11.9 Å². The summed E-state index contributed by atoms with van der Waals surface area (Å²) in [6.45, 7) is 0.298. The fourth-order valence-corrected chi connectivity index (χ4v) is 0.654.